The van der Waals surface area contributed by atoms with Crippen molar-refractivity contribution in [3.63, 3.8) is 0 Å². The monoisotopic (exact) mass is 270 g/mol. The summed E-state index contributed by atoms with van der Waals surface area (Å²) in [5.74, 6) is 1.28. The van der Waals surface area contributed by atoms with Gasteiger partial charge in [-0.05, 0) is 23.8 Å². The van der Waals surface area contributed by atoms with E-state index in [1.54, 1.807) is 6.20 Å². The van der Waals surface area contributed by atoms with Crippen LogP contribution in [0.3, 0.4) is 0 Å². The second-order valence-corrected chi connectivity index (χ2v) is 4.79. The van der Waals surface area contributed by atoms with Crippen molar-refractivity contribution in [1.82, 2.24) is 10.3 Å². The highest BCUT2D eigenvalue weighted by Gasteiger charge is 2.06. The molecule has 0 fully saturated rings. The van der Waals surface area contributed by atoms with E-state index >= 15 is 0 Å². The first-order chi connectivity index (χ1) is 9.65. The number of rotatable bonds is 5. The van der Waals surface area contributed by atoms with Crippen LogP contribution in [0, 0.1) is 5.92 Å². The number of aromatic nitrogens is 1. The number of ether oxygens (including phenoxy) is 1. The van der Waals surface area contributed by atoms with Gasteiger partial charge in [0, 0.05) is 24.7 Å². The highest BCUT2D eigenvalue weighted by molar-refractivity contribution is 5.77. The zero-order valence-electron chi connectivity index (χ0n) is 11.7. The van der Waals surface area contributed by atoms with Crippen molar-refractivity contribution in [2.24, 2.45) is 5.92 Å². The summed E-state index contributed by atoms with van der Waals surface area (Å²) in [4.78, 5) is 15.7. The molecule has 0 saturated carbocycles. The Morgan fingerprint density at radius 3 is 2.70 bits per heavy atom. The molecule has 0 aliphatic heterocycles. The Bertz CT molecular complexity index is 568. The van der Waals surface area contributed by atoms with Crippen LogP contribution in [0.2, 0.25) is 0 Å². The van der Waals surface area contributed by atoms with Crippen LogP contribution in [0.25, 0.3) is 0 Å². The van der Waals surface area contributed by atoms with Crippen LogP contribution in [-0.2, 0) is 11.3 Å². The third-order valence-electron chi connectivity index (χ3n) is 2.76. The predicted octanol–water partition coefficient (Wildman–Crippen LogP) is 3.15. The number of benzene rings is 1. The highest BCUT2D eigenvalue weighted by Crippen LogP contribution is 2.19. The molecule has 20 heavy (non-hydrogen) atoms. The first-order valence-electron chi connectivity index (χ1n) is 6.60. The lowest BCUT2D eigenvalue weighted by molar-refractivity contribution is -0.124. The highest BCUT2D eigenvalue weighted by atomic mass is 16.5. The minimum atomic E-state index is -0.0168. The molecule has 0 bridgehead atoms. The first kappa shape index (κ1) is 14.1. The molecular weight excluding hydrogens is 252 g/mol. The third-order valence-corrected chi connectivity index (χ3v) is 2.76. The molecule has 0 atom stereocenters. The second kappa shape index (κ2) is 6.70. The van der Waals surface area contributed by atoms with Crippen molar-refractivity contribution in [1.29, 1.82) is 0 Å². The maximum atomic E-state index is 11.5. The van der Waals surface area contributed by atoms with Crippen molar-refractivity contribution in [3.8, 4) is 11.6 Å². The first-order valence-corrected chi connectivity index (χ1v) is 6.60. The molecule has 4 heteroatoms. The van der Waals surface area contributed by atoms with Gasteiger partial charge in [-0.3, -0.25) is 4.79 Å². The Hall–Kier alpha value is -2.36. The third kappa shape index (κ3) is 4.09. The van der Waals surface area contributed by atoms with E-state index in [-0.39, 0.29) is 11.8 Å². The molecule has 1 aromatic carbocycles. The predicted molar refractivity (Wildman–Crippen MR) is 77.4 cm³/mol. The van der Waals surface area contributed by atoms with Crippen molar-refractivity contribution < 1.29 is 9.53 Å². The Morgan fingerprint density at radius 1 is 1.25 bits per heavy atom. The molecule has 104 valence electrons. The molecule has 1 N–H and O–H groups in total. The largest absolute Gasteiger partial charge is 0.439 e. The normalized spacial score (nSPS) is 10.3. The smallest absolute Gasteiger partial charge is 0.222 e. The molecular formula is C16H18N2O2. The van der Waals surface area contributed by atoms with E-state index in [9.17, 15) is 4.79 Å². The van der Waals surface area contributed by atoms with Crippen molar-refractivity contribution in [2.45, 2.75) is 20.4 Å². The minimum absolute atomic E-state index is 0.0168. The number of pyridine rings is 1. The van der Waals surface area contributed by atoms with Crippen LogP contribution >= 0.6 is 0 Å². The molecule has 1 amide bonds. The fourth-order valence-corrected chi connectivity index (χ4v) is 1.62. The summed E-state index contributed by atoms with van der Waals surface area (Å²) in [5, 5.41) is 2.87. The van der Waals surface area contributed by atoms with Crippen LogP contribution in [0.4, 0.5) is 0 Å². The summed E-state index contributed by atoms with van der Waals surface area (Å²) in [5.41, 5.74) is 0.958. The SMILES string of the molecule is CC(C)C(=O)NCc1ccnc(Oc2ccccc2)c1. The Balaban J connectivity index is 1.99. The fourth-order valence-electron chi connectivity index (χ4n) is 1.62. The number of para-hydroxylation sites is 1. The van der Waals surface area contributed by atoms with Gasteiger partial charge in [-0.25, -0.2) is 4.98 Å². The summed E-state index contributed by atoms with van der Waals surface area (Å²) in [6, 6.07) is 13.2. The summed E-state index contributed by atoms with van der Waals surface area (Å²) in [7, 11) is 0. The van der Waals surface area contributed by atoms with Crippen LogP contribution in [-0.4, -0.2) is 10.9 Å². The molecule has 1 aromatic heterocycles. The van der Waals surface area contributed by atoms with Gasteiger partial charge in [-0.15, -0.1) is 0 Å². The van der Waals surface area contributed by atoms with Crippen molar-refractivity contribution >= 4 is 5.91 Å². The number of hydrogen-bond acceptors (Lipinski definition) is 3. The van der Waals surface area contributed by atoms with E-state index < -0.39 is 0 Å². The van der Waals surface area contributed by atoms with Crippen molar-refractivity contribution in [3.05, 3.63) is 54.2 Å². The van der Waals surface area contributed by atoms with Gasteiger partial charge in [0.05, 0.1) is 0 Å². The molecule has 2 aromatic rings. The van der Waals surface area contributed by atoms with Gasteiger partial charge in [0.1, 0.15) is 5.75 Å². The molecule has 0 aliphatic carbocycles. The number of carbonyl (C=O) groups excluding carboxylic acids is 1. The van der Waals surface area contributed by atoms with E-state index in [1.807, 2.05) is 56.3 Å². The molecule has 1 heterocycles. The summed E-state index contributed by atoms with van der Waals surface area (Å²) < 4.78 is 5.65. The zero-order chi connectivity index (χ0) is 14.4. The summed E-state index contributed by atoms with van der Waals surface area (Å²) in [6.07, 6.45) is 1.68. The zero-order valence-corrected chi connectivity index (χ0v) is 11.7. The molecule has 0 unspecified atom stereocenters. The Labute approximate surface area is 118 Å². The van der Waals surface area contributed by atoms with Gasteiger partial charge < -0.3 is 10.1 Å². The molecule has 0 saturated heterocycles. The van der Waals surface area contributed by atoms with Gasteiger partial charge in [0.15, 0.2) is 0 Å². The number of nitrogens with one attached hydrogen (secondary N) is 1. The van der Waals surface area contributed by atoms with Crippen molar-refractivity contribution in [2.75, 3.05) is 0 Å². The van der Waals surface area contributed by atoms with E-state index in [0.717, 1.165) is 11.3 Å². The van der Waals surface area contributed by atoms with E-state index in [4.69, 9.17) is 4.74 Å². The minimum Gasteiger partial charge on any atom is -0.439 e. The lowest BCUT2D eigenvalue weighted by atomic mass is 10.2. The van der Waals surface area contributed by atoms with Gasteiger partial charge in [-0.1, -0.05) is 32.0 Å². The standard InChI is InChI=1S/C16H18N2O2/c1-12(2)16(19)18-11-13-8-9-17-15(10-13)20-14-6-4-3-5-7-14/h3-10,12H,11H2,1-2H3,(H,18,19). The van der Waals surface area contributed by atoms with Gasteiger partial charge >= 0.3 is 0 Å². The van der Waals surface area contributed by atoms with Gasteiger partial charge in [-0.2, -0.15) is 0 Å². The topological polar surface area (TPSA) is 51.2 Å². The van der Waals surface area contributed by atoms with Crippen LogP contribution in [0.15, 0.2) is 48.7 Å². The number of amides is 1. The number of nitrogens with zero attached hydrogens (tertiary/aromatic N) is 1. The average molecular weight is 270 g/mol. The van der Waals surface area contributed by atoms with E-state index in [2.05, 4.69) is 10.3 Å². The maximum Gasteiger partial charge on any atom is 0.222 e. The molecule has 0 radical (unpaired) electrons. The number of carbonyl (C=O) groups is 1. The van der Waals surface area contributed by atoms with E-state index in [1.165, 1.54) is 0 Å². The second-order valence-electron chi connectivity index (χ2n) is 4.79. The fraction of sp³-hybridized carbons (Fsp3) is 0.250. The van der Waals surface area contributed by atoms with Crippen LogP contribution in [0.1, 0.15) is 19.4 Å². The molecule has 0 spiro atoms. The maximum absolute atomic E-state index is 11.5. The summed E-state index contributed by atoms with van der Waals surface area (Å²) >= 11 is 0. The number of hydrogen-bond donors (Lipinski definition) is 1. The quantitative estimate of drug-likeness (QED) is 0.908. The lowest BCUT2D eigenvalue weighted by Gasteiger charge is -2.09. The Morgan fingerprint density at radius 2 is 2.00 bits per heavy atom. The lowest BCUT2D eigenvalue weighted by Crippen LogP contribution is -2.27. The summed E-state index contributed by atoms with van der Waals surface area (Å²) in [6.45, 7) is 4.21. The average Bonchev–Trinajstić information content (AvgIpc) is 2.46. The van der Waals surface area contributed by atoms with Crippen LogP contribution < -0.4 is 10.1 Å². The van der Waals surface area contributed by atoms with Crippen LogP contribution in [0.5, 0.6) is 11.6 Å². The molecule has 0 aliphatic rings. The molecule has 2 rings (SSSR count). The van der Waals surface area contributed by atoms with E-state index in [0.29, 0.717) is 12.4 Å². The molecule has 4 nitrogen and oxygen atoms in total. The van der Waals surface area contributed by atoms with Gasteiger partial charge in [0.2, 0.25) is 11.8 Å². The van der Waals surface area contributed by atoms with Gasteiger partial charge in [0.25, 0.3) is 0 Å². The Kier molecular flexibility index (Phi) is 4.71.